The van der Waals surface area contributed by atoms with Gasteiger partial charge in [-0.25, -0.2) is 0 Å². The third-order valence-electron chi connectivity index (χ3n) is 9.98. The van der Waals surface area contributed by atoms with Crippen LogP contribution in [0.3, 0.4) is 0 Å². The molecule has 0 amide bonds. The van der Waals surface area contributed by atoms with E-state index in [2.05, 4.69) is 204 Å². The van der Waals surface area contributed by atoms with E-state index in [0.29, 0.717) is 0 Å². The van der Waals surface area contributed by atoms with Crippen molar-refractivity contribution in [3.05, 3.63) is 194 Å². The lowest BCUT2D eigenvalue weighted by atomic mass is 10.0. The summed E-state index contributed by atoms with van der Waals surface area (Å²) in [5, 5.41) is 5.10. The van der Waals surface area contributed by atoms with Crippen molar-refractivity contribution in [2.45, 2.75) is 0 Å². The SMILES string of the molecule is c1ccc(-c2ccc(N(c3cccc(-c4ccc5c6ccccc6n(-c6ccccc6)c5c4)c3)c3ccc4sc5ccccc5c4c3)cc2)cc1. The smallest absolute Gasteiger partial charge is 0.0547 e. The minimum absolute atomic E-state index is 1.11. The van der Waals surface area contributed by atoms with Crippen LogP contribution < -0.4 is 4.90 Å². The molecule has 0 atom stereocenters. The Labute approximate surface area is 300 Å². The Bertz CT molecular complexity index is 2850. The number of rotatable bonds is 6. The second-order valence-electron chi connectivity index (χ2n) is 13.0. The van der Waals surface area contributed by atoms with Crippen molar-refractivity contribution in [3.8, 4) is 27.9 Å². The standard InChI is InChI=1S/C48H32N2S/c1-3-12-33(13-4-1)34-22-25-38(26-23-34)49(40-27-29-48-44(32-40)43-19-8-10-21-47(43)51-48)39-17-11-14-35(30-39)36-24-28-42-41-18-7-9-20-45(41)50(46(42)31-36)37-15-5-2-6-16-37/h1-32H. The van der Waals surface area contributed by atoms with Gasteiger partial charge in [-0.15, -0.1) is 11.3 Å². The van der Waals surface area contributed by atoms with Crippen molar-refractivity contribution in [3.63, 3.8) is 0 Å². The number of thiophene rings is 1. The Kier molecular flexibility index (Phi) is 7.04. The van der Waals surface area contributed by atoms with Crippen LogP contribution in [0, 0.1) is 0 Å². The van der Waals surface area contributed by atoms with E-state index in [9.17, 15) is 0 Å². The Hall–Kier alpha value is -6.42. The molecule has 0 spiro atoms. The molecule has 2 nitrogen and oxygen atoms in total. The first kappa shape index (κ1) is 29.5. The third kappa shape index (κ3) is 5.10. The van der Waals surface area contributed by atoms with Crippen molar-refractivity contribution in [1.29, 1.82) is 0 Å². The van der Waals surface area contributed by atoms with Crippen molar-refractivity contribution < 1.29 is 0 Å². The van der Waals surface area contributed by atoms with Crippen LogP contribution in [0.4, 0.5) is 17.1 Å². The molecule has 3 heteroatoms. The maximum Gasteiger partial charge on any atom is 0.0547 e. The van der Waals surface area contributed by atoms with Gasteiger partial charge in [0.05, 0.1) is 11.0 Å². The summed E-state index contributed by atoms with van der Waals surface area (Å²) >= 11 is 1.85. The highest BCUT2D eigenvalue weighted by atomic mass is 32.1. The molecule has 2 aromatic heterocycles. The molecule has 0 aliphatic heterocycles. The van der Waals surface area contributed by atoms with Gasteiger partial charge in [0.2, 0.25) is 0 Å². The highest BCUT2D eigenvalue weighted by Crippen LogP contribution is 2.42. The minimum Gasteiger partial charge on any atom is -0.310 e. The Morgan fingerprint density at radius 1 is 0.333 bits per heavy atom. The third-order valence-corrected chi connectivity index (χ3v) is 11.1. The monoisotopic (exact) mass is 668 g/mol. The van der Waals surface area contributed by atoms with E-state index in [1.165, 1.54) is 64.2 Å². The molecule has 0 bridgehead atoms. The van der Waals surface area contributed by atoms with Crippen LogP contribution in [0.15, 0.2) is 194 Å². The largest absolute Gasteiger partial charge is 0.310 e. The number of fused-ring (bicyclic) bond motifs is 6. The van der Waals surface area contributed by atoms with Crippen LogP contribution in [0.25, 0.3) is 69.9 Å². The molecule has 2 heterocycles. The number of aromatic nitrogens is 1. The van der Waals surface area contributed by atoms with Crippen LogP contribution in [-0.2, 0) is 0 Å². The van der Waals surface area contributed by atoms with E-state index < -0.39 is 0 Å². The molecule has 0 N–H and O–H groups in total. The zero-order chi connectivity index (χ0) is 33.7. The fraction of sp³-hybridized carbons (Fsp3) is 0. The van der Waals surface area contributed by atoms with E-state index in [4.69, 9.17) is 0 Å². The van der Waals surface area contributed by atoms with Gasteiger partial charge in [-0.1, -0.05) is 121 Å². The van der Waals surface area contributed by atoms with Gasteiger partial charge < -0.3 is 9.47 Å². The summed E-state index contributed by atoms with van der Waals surface area (Å²) in [5.41, 5.74) is 11.7. The highest BCUT2D eigenvalue weighted by Gasteiger charge is 2.17. The van der Waals surface area contributed by atoms with Gasteiger partial charge in [0, 0.05) is 53.7 Å². The van der Waals surface area contributed by atoms with Crippen molar-refractivity contribution in [1.82, 2.24) is 4.57 Å². The van der Waals surface area contributed by atoms with Crippen LogP contribution in [-0.4, -0.2) is 4.57 Å². The number of anilines is 3. The molecule has 0 saturated carbocycles. The zero-order valence-corrected chi connectivity index (χ0v) is 28.6. The fourth-order valence-electron chi connectivity index (χ4n) is 7.56. The van der Waals surface area contributed by atoms with Crippen molar-refractivity contribution >= 4 is 70.4 Å². The highest BCUT2D eigenvalue weighted by molar-refractivity contribution is 7.25. The van der Waals surface area contributed by atoms with Gasteiger partial charge in [-0.2, -0.15) is 0 Å². The minimum atomic E-state index is 1.11. The average Bonchev–Trinajstić information content (AvgIpc) is 3.74. The molecule has 10 rings (SSSR count). The summed E-state index contributed by atoms with van der Waals surface area (Å²) in [6.45, 7) is 0. The molecule has 0 aliphatic carbocycles. The number of para-hydroxylation sites is 2. The van der Waals surface area contributed by atoms with Gasteiger partial charge >= 0.3 is 0 Å². The maximum absolute atomic E-state index is 2.39. The Morgan fingerprint density at radius 3 is 1.76 bits per heavy atom. The Morgan fingerprint density at radius 2 is 0.922 bits per heavy atom. The van der Waals surface area contributed by atoms with Gasteiger partial charge in [0.15, 0.2) is 0 Å². The van der Waals surface area contributed by atoms with Crippen LogP contribution in [0.1, 0.15) is 0 Å². The lowest BCUT2D eigenvalue weighted by molar-refractivity contribution is 1.18. The predicted octanol–water partition coefficient (Wildman–Crippen LogP) is 14.0. The quantitative estimate of drug-likeness (QED) is 0.171. The van der Waals surface area contributed by atoms with Crippen LogP contribution in [0.2, 0.25) is 0 Å². The molecule has 51 heavy (non-hydrogen) atoms. The Balaban J connectivity index is 1.13. The molecular formula is C48H32N2S. The molecular weight excluding hydrogens is 637 g/mol. The molecule has 10 aromatic rings. The van der Waals surface area contributed by atoms with Crippen LogP contribution >= 0.6 is 11.3 Å². The summed E-state index contributed by atoms with van der Waals surface area (Å²) in [6.07, 6.45) is 0. The average molecular weight is 669 g/mol. The lowest BCUT2D eigenvalue weighted by Crippen LogP contribution is -2.10. The number of benzene rings is 8. The van der Waals surface area contributed by atoms with E-state index in [-0.39, 0.29) is 0 Å². The predicted molar refractivity (Wildman–Crippen MR) is 219 cm³/mol. The maximum atomic E-state index is 2.39. The van der Waals surface area contributed by atoms with E-state index in [1.807, 2.05) is 11.3 Å². The van der Waals surface area contributed by atoms with Crippen LogP contribution in [0.5, 0.6) is 0 Å². The molecule has 0 unspecified atom stereocenters. The topological polar surface area (TPSA) is 8.17 Å². The molecule has 0 saturated heterocycles. The summed E-state index contributed by atoms with van der Waals surface area (Å²) in [6, 6.07) is 70.4. The molecule has 8 aromatic carbocycles. The summed E-state index contributed by atoms with van der Waals surface area (Å²) < 4.78 is 5.00. The first-order chi connectivity index (χ1) is 25.3. The summed E-state index contributed by atoms with van der Waals surface area (Å²) in [5.74, 6) is 0. The van der Waals surface area contributed by atoms with Crippen molar-refractivity contribution in [2.24, 2.45) is 0 Å². The fourth-order valence-corrected chi connectivity index (χ4v) is 8.65. The lowest BCUT2D eigenvalue weighted by Gasteiger charge is -2.26. The second-order valence-corrected chi connectivity index (χ2v) is 14.1. The number of nitrogens with zero attached hydrogens (tertiary/aromatic N) is 2. The first-order valence-electron chi connectivity index (χ1n) is 17.3. The van der Waals surface area contributed by atoms with Gasteiger partial charge in [-0.05, 0) is 95.1 Å². The summed E-state index contributed by atoms with van der Waals surface area (Å²) in [7, 11) is 0. The molecule has 240 valence electrons. The summed E-state index contributed by atoms with van der Waals surface area (Å²) in [4.78, 5) is 2.39. The van der Waals surface area contributed by atoms with Gasteiger partial charge in [0.1, 0.15) is 0 Å². The normalized spacial score (nSPS) is 11.5. The van der Waals surface area contributed by atoms with E-state index >= 15 is 0 Å². The molecule has 0 aliphatic rings. The zero-order valence-electron chi connectivity index (χ0n) is 27.8. The second kappa shape index (κ2) is 12.2. The molecule has 0 fully saturated rings. The van der Waals surface area contributed by atoms with E-state index in [0.717, 1.165) is 22.7 Å². The van der Waals surface area contributed by atoms with Crippen molar-refractivity contribution in [2.75, 3.05) is 4.90 Å². The van der Waals surface area contributed by atoms with Gasteiger partial charge in [0.25, 0.3) is 0 Å². The van der Waals surface area contributed by atoms with E-state index in [1.54, 1.807) is 0 Å². The molecule has 0 radical (unpaired) electrons. The number of hydrogen-bond acceptors (Lipinski definition) is 2. The van der Waals surface area contributed by atoms with Gasteiger partial charge in [-0.3, -0.25) is 0 Å². The number of hydrogen-bond donors (Lipinski definition) is 0. The first-order valence-corrected chi connectivity index (χ1v) is 18.2.